The van der Waals surface area contributed by atoms with E-state index in [1.807, 2.05) is 0 Å². The van der Waals surface area contributed by atoms with Crippen LogP contribution in [0.3, 0.4) is 0 Å². The largest absolute Gasteiger partial charge is 0.379 e. The van der Waals surface area contributed by atoms with Crippen LogP contribution in [0.25, 0.3) is 26.9 Å². The third-order valence-corrected chi connectivity index (χ3v) is 7.77. The number of benzene rings is 1. The zero-order valence-corrected chi connectivity index (χ0v) is 19.2. The molecule has 4 heterocycles. The lowest BCUT2D eigenvalue weighted by molar-refractivity contribution is -0.384. The van der Waals surface area contributed by atoms with E-state index in [1.165, 1.54) is 16.5 Å². The molecule has 33 heavy (non-hydrogen) atoms. The second-order valence-electron chi connectivity index (χ2n) is 8.94. The molecule has 1 saturated heterocycles. The van der Waals surface area contributed by atoms with Crippen molar-refractivity contribution in [3.8, 4) is 5.82 Å². The summed E-state index contributed by atoms with van der Waals surface area (Å²) < 4.78 is 7.25. The number of aromatic nitrogens is 4. The van der Waals surface area contributed by atoms with E-state index >= 15 is 0 Å². The van der Waals surface area contributed by atoms with Gasteiger partial charge in [0.25, 0.3) is 5.69 Å². The minimum atomic E-state index is -0.371. The molecule has 1 atom stereocenters. The van der Waals surface area contributed by atoms with Crippen LogP contribution < -0.4 is 0 Å². The first-order valence-electron chi connectivity index (χ1n) is 11.3. The summed E-state index contributed by atoms with van der Waals surface area (Å²) in [6.07, 6.45) is 4.93. The van der Waals surface area contributed by atoms with Crippen LogP contribution in [-0.4, -0.2) is 55.9 Å². The first kappa shape index (κ1) is 20.6. The van der Waals surface area contributed by atoms with Gasteiger partial charge >= 0.3 is 0 Å². The van der Waals surface area contributed by atoms with Crippen LogP contribution in [0.15, 0.2) is 24.4 Å². The fourth-order valence-corrected chi connectivity index (χ4v) is 6.23. The van der Waals surface area contributed by atoms with Crippen LogP contribution in [-0.2, 0) is 24.1 Å². The molecule has 10 heteroatoms. The third-order valence-electron chi connectivity index (χ3n) is 6.62. The van der Waals surface area contributed by atoms with Gasteiger partial charge in [-0.1, -0.05) is 6.92 Å². The van der Waals surface area contributed by atoms with E-state index in [2.05, 4.69) is 16.9 Å². The van der Waals surface area contributed by atoms with E-state index < -0.39 is 0 Å². The highest BCUT2D eigenvalue weighted by molar-refractivity contribution is 7.18. The molecule has 170 valence electrons. The Balaban J connectivity index is 1.55. The van der Waals surface area contributed by atoms with E-state index in [0.717, 1.165) is 59.6 Å². The summed E-state index contributed by atoms with van der Waals surface area (Å²) in [6.45, 7) is 6.08. The predicted molar refractivity (Wildman–Crippen MR) is 126 cm³/mol. The van der Waals surface area contributed by atoms with Gasteiger partial charge in [-0.15, -0.1) is 11.3 Å². The molecule has 0 radical (unpaired) electrons. The molecular formula is C23H24N6O3S. The van der Waals surface area contributed by atoms with Crippen molar-refractivity contribution in [2.24, 2.45) is 5.92 Å². The topological polar surface area (TPSA) is 99.2 Å². The number of nitro benzene ring substituents is 1. The Kier molecular flexibility index (Phi) is 5.08. The van der Waals surface area contributed by atoms with Crippen molar-refractivity contribution in [3.05, 3.63) is 50.8 Å². The molecule has 1 aromatic carbocycles. The Labute approximate surface area is 194 Å². The molecule has 0 bridgehead atoms. The van der Waals surface area contributed by atoms with E-state index in [0.29, 0.717) is 31.2 Å². The van der Waals surface area contributed by atoms with Gasteiger partial charge in [-0.25, -0.2) is 14.6 Å². The van der Waals surface area contributed by atoms with Gasteiger partial charge in [-0.05, 0) is 36.8 Å². The Morgan fingerprint density at radius 1 is 1.27 bits per heavy atom. The molecule has 3 aromatic heterocycles. The Morgan fingerprint density at radius 3 is 2.94 bits per heavy atom. The van der Waals surface area contributed by atoms with Crippen LogP contribution >= 0.6 is 11.3 Å². The summed E-state index contributed by atoms with van der Waals surface area (Å²) in [4.78, 5) is 25.7. The quantitative estimate of drug-likeness (QED) is 0.334. The van der Waals surface area contributed by atoms with E-state index in [9.17, 15) is 10.1 Å². The normalized spacial score (nSPS) is 19.2. The highest BCUT2D eigenvalue weighted by atomic mass is 32.1. The molecule has 0 N–H and O–H groups in total. The summed E-state index contributed by atoms with van der Waals surface area (Å²) in [7, 11) is 0. The second kappa shape index (κ2) is 8.12. The minimum absolute atomic E-state index is 0.0456. The summed E-state index contributed by atoms with van der Waals surface area (Å²) in [5.41, 5.74) is 2.05. The maximum Gasteiger partial charge on any atom is 0.271 e. The summed E-state index contributed by atoms with van der Waals surface area (Å²) >= 11 is 1.76. The third kappa shape index (κ3) is 3.68. The SMILES string of the molecule is CC1CCc2c(sc3nc(CN4CCOCC4)nc(-n4ncc5ccc([N+](=O)[O-])cc54)c23)C1. The number of hydrogen-bond acceptors (Lipinski definition) is 8. The van der Waals surface area contributed by atoms with Gasteiger partial charge in [-0.2, -0.15) is 5.10 Å². The number of rotatable bonds is 4. The maximum absolute atomic E-state index is 11.4. The Morgan fingerprint density at radius 2 is 2.12 bits per heavy atom. The Bertz CT molecular complexity index is 1370. The first-order chi connectivity index (χ1) is 16.1. The van der Waals surface area contributed by atoms with Crippen molar-refractivity contribution in [3.63, 3.8) is 0 Å². The zero-order valence-electron chi connectivity index (χ0n) is 18.4. The van der Waals surface area contributed by atoms with Gasteiger partial charge < -0.3 is 4.74 Å². The zero-order chi connectivity index (χ0) is 22.5. The molecular weight excluding hydrogens is 440 g/mol. The highest BCUT2D eigenvalue weighted by Gasteiger charge is 2.26. The van der Waals surface area contributed by atoms with Crippen LogP contribution in [0, 0.1) is 16.0 Å². The number of non-ortho nitro benzene ring substituents is 1. The molecule has 1 unspecified atom stereocenters. The van der Waals surface area contributed by atoms with Gasteiger partial charge in [0.2, 0.25) is 0 Å². The smallest absolute Gasteiger partial charge is 0.271 e. The van der Waals surface area contributed by atoms with Crippen molar-refractivity contribution >= 4 is 38.1 Å². The van der Waals surface area contributed by atoms with Gasteiger partial charge in [0.05, 0.1) is 41.8 Å². The van der Waals surface area contributed by atoms with Crippen molar-refractivity contribution in [2.75, 3.05) is 26.3 Å². The lowest BCUT2D eigenvalue weighted by Crippen LogP contribution is -2.36. The van der Waals surface area contributed by atoms with E-state index in [1.54, 1.807) is 34.3 Å². The number of ether oxygens (including phenoxy) is 1. The summed E-state index contributed by atoms with van der Waals surface area (Å²) in [5, 5.41) is 17.9. The van der Waals surface area contributed by atoms with Gasteiger partial charge in [-0.3, -0.25) is 15.0 Å². The number of nitro groups is 1. The lowest BCUT2D eigenvalue weighted by Gasteiger charge is -2.25. The number of fused-ring (bicyclic) bond motifs is 4. The molecule has 0 amide bonds. The number of aryl methyl sites for hydroxylation is 1. The van der Waals surface area contributed by atoms with Gasteiger partial charge in [0, 0.05) is 35.5 Å². The molecule has 0 saturated carbocycles. The highest BCUT2D eigenvalue weighted by Crippen LogP contribution is 2.40. The maximum atomic E-state index is 11.4. The minimum Gasteiger partial charge on any atom is -0.379 e. The predicted octanol–water partition coefficient (Wildman–Crippen LogP) is 3.90. The number of hydrogen-bond donors (Lipinski definition) is 0. The fourth-order valence-electron chi connectivity index (χ4n) is 4.84. The number of nitrogens with zero attached hydrogens (tertiary/aromatic N) is 6. The van der Waals surface area contributed by atoms with Crippen LogP contribution in [0.1, 0.15) is 29.6 Å². The standard InChI is InChI=1S/C23H24N6O3S/c1-14-2-5-17-19(10-14)33-23-21(17)22(25-20(26-23)13-27-6-8-32-9-7-27)28-18-11-16(29(30)31)4-3-15(18)12-24-28/h3-4,11-12,14H,2,5-10,13H2,1H3. The second-order valence-corrected chi connectivity index (χ2v) is 10.0. The van der Waals surface area contributed by atoms with E-state index in [4.69, 9.17) is 14.7 Å². The molecule has 2 aliphatic rings. The lowest BCUT2D eigenvalue weighted by atomic mass is 9.89. The van der Waals surface area contributed by atoms with Crippen LogP contribution in [0.5, 0.6) is 0 Å². The molecule has 1 aliphatic heterocycles. The Hall–Kier alpha value is -2.95. The van der Waals surface area contributed by atoms with Crippen molar-refractivity contribution < 1.29 is 9.66 Å². The summed E-state index contributed by atoms with van der Waals surface area (Å²) in [5.74, 6) is 2.13. The molecule has 0 spiro atoms. The molecule has 1 aliphatic carbocycles. The van der Waals surface area contributed by atoms with Crippen molar-refractivity contribution in [1.29, 1.82) is 0 Å². The average Bonchev–Trinajstić information content (AvgIpc) is 3.39. The van der Waals surface area contributed by atoms with Gasteiger partial charge in [0.15, 0.2) is 5.82 Å². The fraction of sp³-hybridized carbons (Fsp3) is 0.435. The summed E-state index contributed by atoms with van der Waals surface area (Å²) in [6, 6.07) is 4.84. The van der Waals surface area contributed by atoms with Gasteiger partial charge in [0.1, 0.15) is 10.7 Å². The number of morpholine rings is 1. The van der Waals surface area contributed by atoms with Crippen LogP contribution in [0.2, 0.25) is 0 Å². The first-order valence-corrected chi connectivity index (χ1v) is 12.1. The molecule has 6 rings (SSSR count). The molecule has 9 nitrogen and oxygen atoms in total. The van der Waals surface area contributed by atoms with Crippen molar-refractivity contribution in [1.82, 2.24) is 24.6 Å². The average molecular weight is 465 g/mol. The van der Waals surface area contributed by atoms with Crippen LogP contribution in [0.4, 0.5) is 5.69 Å². The molecule has 1 fully saturated rings. The molecule has 4 aromatic rings. The van der Waals surface area contributed by atoms with Crippen molar-refractivity contribution in [2.45, 2.75) is 32.7 Å². The monoisotopic (exact) mass is 464 g/mol. The van der Waals surface area contributed by atoms with E-state index in [-0.39, 0.29) is 10.6 Å². The number of thiophene rings is 1.